The van der Waals surface area contributed by atoms with Crippen LogP contribution in [0.25, 0.3) is 0 Å². The summed E-state index contributed by atoms with van der Waals surface area (Å²) in [6.07, 6.45) is 5.60. The Kier molecular flexibility index (Phi) is 6.93. The lowest BCUT2D eigenvalue weighted by Gasteiger charge is -2.32. The quantitative estimate of drug-likeness (QED) is 0.687. The summed E-state index contributed by atoms with van der Waals surface area (Å²) >= 11 is 0. The van der Waals surface area contributed by atoms with Crippen molar-refractivity contribution in [1.82, 2.24) is 4.90 Å². The summed E-state index contributed by atoms with van der Waals surface area (Å²) in [4.78, 5) is 41.3. The highest BCUT2D eigenvalue weighted by atomic mass is 16.5. The van der Waals surface area contributed by atoms with Crippen molar-refractivity contribution in [2.24, 2.45) is 5.92 Å². The summed E-state index contributed by atoms with van der Waals surface area (Å²) in [5, 5.41) is 0. The van der Waals surface area contributed by atoms with Gasteiger partial charge in [-0.25, -0.2) is 0 Å². The highest BCUT2D eigenvalue weighted by Gasteiger charge is 2.38. The first-order valence-corrected chi connectivity index (χ1v) is 10.8. The molecule has 1 aromatic rings. The Morgan fingerprint density at radius 1 is 1.21 bits per heavy atom. The van der Waals surface area contributed by atoms with Crippen molar-refractivity contribution < 1.29 is 19.1 Å². The van der Waals surface area contributed by atoms with Gasteiger partial charge in [-0.15, -0.1) is 0 Å². The van der Waals surface area contributed by atoms with E-state index in [9.17, 15) is 14.4 Å². The maximum Gasteiger partial charge on any atom is 0.312 e. The topological polar surface area (TPSA) is 66.9 Å². The molecular weight excluding hydrogens is 368 g/mol. The van der Waals surface area contributed by atoms with E-state index in [1.807, 2.05) is 31.2 Å². The van der Waals surface area contributed by atoms with Crippen molar-refractivity contribution in [2.45, 2.75) is 70.9 Å². The predicted octanol–water partition coefficient (Wildman–Crippen LogP) is 3.32. The number of hydrogen-bond acceptors (Lipinski definition) is 4. The number of carbonyl (C=O) groups excluding carboxylic acids is 3. The van der Waals surface area contributed by atoms with Gasteiger partial charge in [-0.05, 0) is 37.8 Å². The Morgan fingerprint density at radius 2 is 1.90 bits per heavy atom. The molecule has 2 atom stereocenters. The number of nitrogens with zero attached hydrogens (tertiary/aromatic N) is 2. The normalized spacial score (nSPS) is 21.1. The number of benzene rings is 1. The second kappa shape index (κ2) is 9.42. The number of amides is 2. The maximum absolute atomic E-state index is 12.7. The molecule has 0 spiro atoms. The lowest BCUT2D eigenvalue weighted by atomic mass is 9.94. The molecule has 1 saturated carbocycles. The van der Waals surface area contributed by atoms with Gasteiger partial charge in [0.25, 0.3) is 5.91 Å². The molecule has 1 heterocycles. The number of likely N-dealkylation sites (N-methyl/N-ethyl adjacent to an activating group) is 1. The highest BCUT2D eigenvalue weighted by molar-refractivity contribution is 6.00. The lowest BCUT2D eigenvalue weighted by Crippen LogP contribution is -2.44. The van der Waals surface area contributed by atoms with Crippen LogP contribution in [-0.4, -0.2) is 48.4 Å². The highest BCUT2D eigenvalue weighted by Crippen LogP contribution is 2.29. The molecule has 2 aliphatic rings. The Bertz CT molecular complexity index is 757. The monoisotopic (exact) mass is 400 g/mol. The van der Waals surface area contributed by atoms with Gasteiger partial charge in [0, 0.05) is 31.7 Å². The van der Waals surface area contributed by atoms with Gasteiger partial charge in [0.05, 0.1) is 5.92 Å². The van der Waals surface area contributed by atoms with E-state index < -0.39 is 18.0 Å². The number of para-hydroxylation sites is 1. The number of ether oxygens (including phenoxy) is 1. The number of anilines is 1. The van der Waals surface area contributed by atoms with Crippen LogP contribution < -0.4 is 4.90 Å². The smallest absolute Gasteiger partial charge is 0.312 e. The van der Waals surface area contributed by atoms with Crippen LogP contribution in [0.5, 0.6) is 0 Å². The first kappa shape index (κ1) is 21.3. The van der Waals surface area contributed by atoms with Gasteiger partial charge in [-0.3, -0.25) is 14.4 Å². The number of carbonyl (C=O) groups is 3. The summed E-state index contributed by atoms with van der Waals surface area (Å²) in [5.74, 6) is -1.25. The van der Waals surface area contributed by atoms with E-state index >= 15 is 0 Å². The maximum atomic E-state index is 12.7. The van der Waals surface area contributed by atoms with E-state index in [1.54, 1.807) is 23.8 Å². The van der Waals surface area contributed by atoms with E-state index in [-0.39, 0.29) is 24.3 Å². The van der Waals surface area contributed by atoms with Gasteiger partial charge in [0.2, 0.25) is 5.91 Å². The van der Waals surface area contributed by atoms with Crippen LogP contribution in [0.2, 0.25) is 0 Å². The van der Waals surface area contributed by atoms with Crippen molar-refractivity contribution in [3.05, 3.63) is 29.8 Å². The molecule has 0 bridgehead atoms. The molecule has 158 valence electrons. The third-order valence-corrected chi connectivity index (χ3v) is 6.23. The zero-order chi connectivity index (χ0) is 21.0. The van der Waals surface area contributed by atoms with E-state index in [4.69, 9.17) is 4.74 Å². The molecule has 1 aliphatic heterocycles. The zero-order valence-corrected chi connectivity index (χ0v) is 17.7. The number of hydrogen-bond donors (Lipinski definition) is 0. The molecule has 0 N–H and O–H groups in total. The Labute approximate surface area is 173 Å². The standard InChI is InChI=1S/C23H32N2O4/c1-4-17-10-8-9-13-20(17)25-15-18(14-21(25)26)23(28)29-16(2)22(27)24(3)19-11-6-5-7-12-19/h8-10,13,16,18-19H,4-7,11-12,14-15H2,1-3H3/t16-,18-/m1/s1. The molecule has 2 fully saturated rings. The lowest BCUT2D eigenvalue weighted by molar-refractivity contribution is -0.162. The van der Waals surface area contributed by atoms with Crippen molar-refractivity contribution >= 4 is 23.5 Å². The van der Waals surface area contributed by atoms with Crippen molar-refractivity contribution in [3.63, 3.8) is 0 Å². The first-order chi connectivity index (χ1) is 13.9. The fraction of sp³-hybridized carbons (Fsp3) is 0.609. The zero-order valence-electron chi connectivity index (χ0n) is 17.7. The van der Waals surface area contributed by atoms with Gasteiger partial charge < -0.3 is 14.5 Å². The van der Waals surface area contributed by atoms with Crippen molar-refractivity contribution in [3.8, 4) is 0 Å². The van der Waals surface area contributed by atoms with Gasteiger partial charge in [-0.2, -0.15) is 0 Å². The second-order valence-corrected chi connectivity index (χ2v) is 8.21. The van der Waals surface area contributed by atoms with E-state index in [0.717, 1.165) is 43.4 Å². The molecule has 3 rings (SSSR count). The van der Waals surface area contributed by atoms with Crippen LogP contribution in [0.4, 0.5) is 5.69 Å². The van der Waals surface area contributed by atoms with Crippen LogP contribution in [0.3, 0.4) is 0 Å². The van der Waals surface area contributed by atoms with Crippen molar-refractivity contribution in [1.29, 1.82) is 0 Å². The average molecular weight is 401 g/mol. The summed E-state index contributed by atoms with van der Waals surface area (Å²) < 4.78 is 5.49. The molecular formula is C23H32N2O4. The van der Waals surface area contributed by atoms with E-state index in [2.05, 4.69) is 0 Å². The Hall–Kier alpha value is -2.37. The van der Waals surface area contributed by atoms with Crippen molar-refractivity contribution in [2.75, 3.05) is 18.5 Å². The summed E-state index contributed by atoms with van der Waals surface area (Å²) in [5.41, 5.74) is 1.93. The van der Waals surface area contributed by atoms with Crippen LogP contribution in [-0.2, 0) is 25.5 Å². The van der Waals surface area contributed by atoms with Gasteiger partial charge in [0.1, 0.15) is 0 Å². The second-order valence-electron chi connectivity index (χ2n) is 8.21. The molecule has 2 amide bonds. The third-order valence-electron chi connectivity index (χ3n) is 6.23. The van der Waals surface area contributed by atoms with E-state index in [0.29, 0.717) is 6.54 Å². The molecule has 0 radical (unpaired) electrons. The fourth-order valence-corrected chi connectivity index (χ4v) is 4.43. The summed E-state index contributed by atoms with van der Waals surface area (Å²) in [7, 11) is 1.80. The molecule has 6 nitrogen and oxygen atoms in total. The Balaban J connectivity index is 1.59. The first-order valence-electron chi connectivity index (χ1n) is 10.8. The minimum Gasteiger partial charge on any atom is -0.452 e. The molecule has 1 saturated heterocycles. The van der Waals surface area contributed by atoms with Gasteiger partial charge >= 0.3 is 5.97 Å². The number of rotatable bonds is 6. The van der Waals surface area contributed by atoms with Gasteiger partial charge in [-0.1, -0.05) is 44.4 Å². The Morgan fingerprint density at radius 3 is 2.59 bits per heavy atom. The van der Waals surface area contributed by atoms with Crippen LogP contribution in [0.15, 0.2) is 24.3 Å². The molecule has 1 aromatic carbocycles. The largest absolute Gasteiger partial charge is 0.452 e. The molecule has 0 unspecified atom stereocenters. The summed E-state index contributed by atoms with van der Waals surface area (Å²) in [6.45, 7) is 3.97. The number of aryl methyl sites for hydroxylation is 1. The molecule has 6 heteroatoms. The number of esters is 1. The molecule has 0 aromatic heterocycles. The molecule has 29 heavy (non-hydrogen) atoms. The average Bonchev–Trinajstić information content (AvgIpc) is 3.14. The van der Waals surface area contributed by atoms with E-state index in [1.165, 1.54) is 6.42 Å². The molecule has 1 aliphatic carbocycles. The summed E-state index contributed by atoms with van der Waals surface area (Å²) in [6, 6.07) is 7.98. The third kappa shape index (κ3) is 4.80. The van der Waals surface area contributed by atoms with Crippen LogP contribution in [0.1, 0.15) is 57.9 Å². The van der Waals surface area contributed by atoms with Gasteiger partial charge in [0.15, 0.2) is 6.10 Å². The van der Waals surface area contributed by atoms with Crippen LogP contribution >= 0.6 is 0 Å². The fourth-order valence-electron chi connectivity index (χ4n) is 4.43. The minimum absolute atomic E-state index is 0.0776. The van der Waals surface area contributed by atoms with Crippen LogP contribution in [0, 0.1) is 5.92 Å². The minimum atomic E-state index is -0.832. The SMILES string of the molecule is CCc1ccccc1N1C[C@H](C(=O)O[C@H](C)C(=O)N(C)C2CCCCC2)CC1=O. The predicted molar refractivity (Wildman–Crippen MR) is 111 cm³/mol.